The molecule has 7 nitrogen and oxygen atoms in total. The summed E-state index contributed by atoms with van der Waals surface area (Å²) in [5, 5.41) is 3.05. The molecule has 0 radical (unpaired) electrons. The minimum absolute atomic E-state index is 0.296. The molecule has 0 bridgehead atoms. The zero-order valence-corrected chi connectivity index (χ0v) is 16.3. The minimum Gasteiger partial charge on any atom is -0.353 e. The van der Waals surface area contributed by atoms with Crippen molar-refractivity contribution >= 4 is 32.3 Å². The van der Waals surface area contributed by atoms with Crippen LogP contribution >= 0.6 is 11.3 Å². The molecule has 0 atom stereocenters. The maximum Gasteiger partial charge on any atom is 0.244 e. The summed E-state index contributed by atoms with van der Waals surface area (Å²) in [6.45, 7) is 4.72. The summed E-state index contributed by atoms with van der Waals surface area (Å²) in [6.07, 6.45) is 6.32. The van der Waals surface area contributed by atoms with E-state index in [9.17, 15) is 8.42 Å². The van der Waals surface area contributed by atoms with E-state index in [2.05, 4.69) is 19.8 Å². The molecule has 0 spiro atoms. The molecule has 2 aromatic heterocycles. The van der Waals surface area contributed by atoms with Gasteiger partial charge in [0, 0.05) is 57.0 Å². The van der Waals surface area contributed by atoms with Crippen LogP contribution in [0.2, 0.25) is 0 Å². The predicted molar refractivity (Wildman–Crippen MR) is 103 cm³/mol. The highest BCUT2D eigenvalue weighted by molar-refractivity contribution is 7.89. The molecule has 2 saturated heterocycles. The Morgan fingerprint density at radius 3 is 2.23 bits per heavy atom. The first-order valence-corrected chi connectivity index (χ1v) is 11.3. The van der Waals surface area contributed by atoms with E-state index in [0.29, 0.717) is 18.0 Å². The zero-order valence-electron chi connectivity index (χ0n) is 14.6. The van der Waals surface area contributed by atoms with Crippen molar-refractivity contribution in [1.29, 1.82) is 0 Å². The van der Waals surface area contributed by atoms with Crippen LogP contribution in [0.4, 0.5) is 10.9 Å². The van der Waals surface area contributed by atoms with Gasteiger partial charge in [-0.25, -0.2) is 18.4 Å². The second-order valence-electron chi connectivity index (χ2n) is 6.61. The second kappa shape index (κ2) is 7.50. The lowest BCUT2D eigenvalue weighted by Gasteiger charge is -2.35. The lowest BCUT2D eigenvalue weighted by atomic mass is 10.2. The summed E-state index contributed by atoms with van der Waals surface area (Å²) in [5.41, 5.74) is 0. The van der Waals surface area contributed by atoms with Crippen LogP contribution in [0.3, 0.4) is 0 Å². The number of hydrogen-bond donors (Lipinski definition) is 0. The van der Waals surface area contributed by atoms with E-state index in [1.165, 1.54) is 6.20 Å². The summed E-state index contributed by atoms with van der Waals surface area (Å²) < 4.78 is 27.0. The fourth-order valence-corrected chi connectivity index (χ4v) is 5.63. The van der Waals surface area contributed by atoms with Crippen LogP contribution in [0.15, 0.2) is 34.8 Å². The second-order valence-corrected chi connectivity index (χ2v) is 9.42. The lowest BCUT2D eigenvalue weighted by Crippen LogP contribution is -2.46. The topological polar surface area (TPSA) is 69.6 Å². The van der Waals surface area contributed by atoms with Crippen LogP contribution in [0.5, 0.6) is 0 Å². The molecule has 2 aromatic rings. The Balaban J connectivity index is 1.42. The third-order valence-corrected chi connectivity index (χ3v) is 7.68. The molecule has 0 amide bonds. The van der Waals surface area contributed by atoms with Crippen molar-refractivity contribution < 1.29 is 8.42 Å². The van der Waals surface area contributed by atoms with Crippen molar-refractivity contribution in [2.24, 2.45) is 0 Å². The Morgan fingerprint density at radius 1 is 0.885 bits per heavy atom. The molecule has 0 saturated carbocycles. The van der Waals surface area contributed by atoms with Gasteiger partial charge >= 0.3 is 0 Å². The van der Waals surface area contributed by atoms with Gasteiger partial charge in [-0.3, -0.25) is 0 Å². The van der Waals surface area contributed by atoms with E-state index >= 15 is 0 Å². The Labute approximate surface area is 158 Å². The molecule has 140 valence electrons. The molecule has 2 fully saturated rings. The molecule has 2 aliphatic heterocycles. The van der Waals surface area contributed by atoms with Crippen LogP contribution in [0.1, 0.15) is 19.3 Å². The number of hydrogen-bond acceptors (Lipinski definition) is 7. The lowest BCUT2D eigenvalue weighted by molar-refractivity contribution is 0.346. The smallest absolute Gasteiger partial charge is 0.244 e. The van der Waals surface area contributed by atoms with Crippen molar-refractivity contribution in [3.05, 3.63) is 29.9 Å². The first-order valence-electron chi connectivity index (χ1n) is 9.00. The third-order valence-electron chi connectivity index (χ3n) is 4.97. The third kappa shape index (κ3) is 3.56. The van der Waals surface area contributed by atoms with Gasteiger partial charge in [0.25, 0.3) is 0 Å². The zero-order chi connectivity index (χ0) is 18.0. The number of anilines is 2. The van der Waals surface area contributed by atoms with E-state index in [4.69, 9.17) is 0 Å². The van der Waals surface area contributed by atoms with Gasteiger partial charge in [-0.05, 0) is 25.0 Å². The number of thiazole rings is 1. The standard InChI is InChI=1S/C17H23N5O2S2/c23-26(24,22-7-2-1-3-8-22)15-4-5-16(19-14-15)20-9-11-21(12-10-20)17-18-6-13-25-17/h4-6,13-14H,1-3,7-12H2. The number of aromatic nitrogens is 2. The van der Waals surface area contributed by atoms with E-state index in [-0.39, 0.29) is 0 Å². The van der Waals surface area contributed by atoms with Gasteiger partial charge in [-0.2, -0.15) is 4.31 Å². The van der Waals surface area contributed by atoms with Crippen molar-refractivity contribution in [3.63, 3.8) is 0 Å². The monoisotopic (exact) mass is 393 g/mol. The summed E-state index contributed by atoms with van der Waals surface area (Å²) >= 11 is 1.65. The number of pyridine rings is 1. The number of rotatable bonds is 4. The molecular weight excluding hydrogens is 370 g/mol. The summed E-state index contributed by atoms with van der Waals surface area (Å²) in [7, 11) is -3.41. The van der Waals surface area contributed by atoms with E-state index in [1.54, 1.807) is 21.7 Å². The quantitative estimate of drug-likeness (QED) is 0.792. The summed E-state index contributed by atoms with van der Waals surface area (Å²) in [4.78, 5) is 13.6. The van der Waals surface area contributed by atoms with Gasteiger partial charge in [-0.15, -0.1) is 11.3 Å². The average Bonchev–Trinajstić information content (AvgIpc) is 3.24. The highest BCUT2D eigenvalue weighted by Crippen LogP contribution is 2.24. The first-order chi connectivity index (χ1) is 12.6. The minimum atomic E-state index is -3.41. The molecule has 4 heterocycles. The van der Waals surface area contributed by atoms with Crippen molar-refractivity contribution in [1.82, 2.24) is 14.3 Å². The van der Waals surface area contributed by atoms with Gasteiger partial charge in [0.2, 0.25) is 10.0 Å². The summed E-state index contributed by atoms with van der Waals surface area (Å²) in [5.74, 6) is 0.835. The molecule has 26 heavy (non-hydrogen) atoms. The van der Waals surface area contributed by atoms with Crippen molar-refractivity contribution in [2.75, 3.05) is 49.1 Å². The van der Waals surface area contributed by atoms with Gasteiger partial charge in [-0.1, -0.05) is 6.42 Å². The van der Waals surface area contributed by atoms with E-state index < -0.39 is 10.0 Å². The first kappa shape index (κ1) is 17.7. The fourth-order valence-electron chi connectivity index (χ4n) is 3.47. The average molecular weight is 394 g/mol. The summed E-state index contributed by atoms with van der Waals surface area (Å²) in [6, 6.07) is 3.52. The number of sulfonamides is 1. The number of piperazine rings is 1. The SMILES string of the molecule is O=S(=O)(c1ccc(N2CCN(c3nccs3)CC2)nc1)N1CCCCC1. The molecular formula is C17H23N5O2S2. The molecule has 0 aliphatic carbocycles. The predicted octanol–water partition coefficient (Wildman–Crippen LogP) is 2.04. The largest absolute Gasteiger partial charge is 0.353 e. The van der Waals surface area contributed by atoms with Crippen LogP contribution in [-0.2, 0) is 10.0 Å². The Kier molecular flexibility index (Phi) is 5.10. The van der Waals surface area contributed by atoms with Crippen LogP contribution in [0, 0.1) is 0 Å². The van der Waals surface area contributed by atoms with Crippen LogP contribution in [-0.4, -0.2) is 62.0 Å². The van der Waals surface area contributed by atoms with Crippen molar-refractivity contribution in [3.8, 4) is 0 Å². The van der Waals surface area contributed by atoms with Gasteiger partial charge in [0.05, 0.1) is 0 Å². The fraction of sp³-hybridized carbons (Fsp3) is 0.529. The maximum atomic E-state index is 12.7. The molecule has 0 N–H and O–H groups in total. The van der Waals surface area contributed by atoms with Gasteiger partial charge < -0.3 is 9.80 Å². The Morgan fingerprint density at radius 2 is 1.62 bits per heavy atom. The maximum absolute atomic E-state index is 12.7. The molecule has 4 rings (SSSR count). The van der Waals surface area contributed by atoms with Gasteiger partial charge in [0.15, 0.2) is 5.13 Å². The van der Waals surface area contributed by atoms with Crippen LogP contribution < -0.4 is 9.80 Å². The Bertz CT molecular complexity index is 809. The van der Waals surface area contributed by atoms with Crippen molar-refractivity contribution in [2.45, 2.75) is 24.2 Å². The van der Waals surface area contributed by atoms with Gasteiger partial charge in [0.1, 0.15) is 10.7 Å². The molecule has 9 heteroatoms. The highest BCUT2D eigenvalue weighted by atomic mass is 32.2. The Hall–Kier alpha value is -1.71. The normalized spacial score (nSPS) is 19.7. The number of nitrogens with zero attached hydrogens (tertiary/aromatic N) is 5. The highest BCUT2D eigenvalue weighted by Gasteiger charge is 2.27. The molecule has 0 aromatic carbocycles. The van der Waals surface area contributed by atoms with E-state index in [0.717, 1.165) is 56.4 Å². The number of piperidine rings is 1. The molecule has 0 unspecified atom stereocenters. The van der Waals surface area contributed by atoms with Crippen LogP contribution in [0.25, 0.3) is 0 Å². The van der Waals surface area contributed by atoms with E-state index in [1.807, 2.05) is 17.6 Å². The molecule has 2 aliphatic rings.